The number of sulfonamides is 1. The Morgan fingerprint density at radius 2 is 2.00 bits per heavy atom. The second-order valence-electron chi connectivity index (χ2n) is 5.19. The maximum Gasteiger partial charge on any atom is 0.244 e. The lowest BCUT2D eigenvalue weighted by Gasteiger charge is -2.37. The molecule has 7 heteroatoms. The van der Waals surface area contributed by atoms with Gasteiger partial charge >= 0.3 is 0 Å². The highest BCUT2D eigenvalue weighted by Gasteiger charge is 2.30. The molecular weight excluding hydrogens is 298 g/mol. The molecule has 0 radical (unpaired) electrons. The summed E-state index contributed by atoms with van der Waals surface area (Å²) in [6, 6.07) is 2.12. The van der Waals surface area contributed by atoms with Crippen LogP contribution in [0.15, 0.2) is 17.2 Å². The van der Waals surface area contributed by atoms with Crippen LogP contribution in [-0.2, 0) is 15.9 Å². The van der Waals surface area contributed by atoms with Crippen LogP contribution in [0.5, 0.6) is 0 Å². The molecule has 0 bridgehead atoms. The van der Waals surface area contributed by atoms with Crippen molar-refractivity contribution in [2.45, 2.75) is 37.1 Å². The van der Waals surface area contributed by atoms with Gasteiger partial charge in [0.25, 0.3) is 0 Å². The molecule has 5 nitrogen and oxygen atoms in total. The molecule has 114 valence electrons. The highest BCUT2D eigenvalue weighted by atomic mass is 35.5. The molecule has 0 aromatic carbocycles. The predicted octanol–water partition coefficient (Wildman–Crippen LogP) is 1.86. The van der Waals surface area contributed by atoms with E-state index in [-0.39, 0.29) is 5.88 Å². The Kier molecular flexibility index (Phi) is 5.12. The summed E-state index contributed by atoms with van der Waals surface area (Å²) in [6.07, 6.45) is 2.61. The van der Waals surface area contributed by atoms with Crippen LogP contribution in [-0.4, -0.2) is 54.8 Å². The lowest BCUT2D eigenvalue weighted by atomic mass is 10.2. The third-order valence-corrected chi connectivity index (χ3v) is 6.15. The van der Waals surface area contributed by atoms with E-state index in [1.807, 2.05) is 0 Å². The van der Waals surface area contributed by atoms with E-state index in [0.29, 0.717) is 24.0 Å². The summed E-state index contributed by atoms with van der Waals surface area (Å²) >= 11 is 5.70. The molecule has 1 aromatic rings. The summed E-state index contributed by atoms with van der Waals surface area (Å²) in [5.74, 6) is 0.289. The molecule has 0 aliphatic carbocycles. The van der Waals surface area contributed by atoms with Gasteiger partial charge < -0.3 is 4.98 Å². The van der Waals surface area contributed by atoms with Crippen molar-refractivity contribution < 1.29 is 8.42 Å². The number of nitrogens with one attached hydrogen (secondary N) is 1. The van der Waals surface area contributed by atoms with Crippen molar-refractivity contribution in [3.8, 4) is 0 Å². The Morgan fingerprint density at radius 1 is 1.35 bits per heavy atom. The lowest BCUT2D eigenvalue weighted by molar-refractivity contribution is 0.142. The minimum Gasteiger partial charge on any atom is -0.363 e. The van der Waals surface area contributed by atoms with Gasteiger partial charge in [-0.2, -0.15) is 4.31 Å². The molecule has 1 atom stereocenters. The van der Waals surface area contributed by atoms with Gasteiger partial charge in [-0.15, -0.1) is 11.6 Å². The molecule has 2 rings (SSSR count). The smallest absolute Gasteiger partial charge is 0.244 e. The number of alkyl halides is 1. The number of rotatable bonds is 5. The summed E-state index contributed by atoms with van der Waals surface area (Å²) in [5, 5.41) is 0. The van der Waals surface area contributed by atoms with Gasteiger partial charge in [-0.25, -0.2) is 8.42 Å². The SMILES string of the molecule is CCC(C)N1CCN(S(=O)(=O)c2c[nH]c(CCl)c2)CC1. The van der Waals surface area contributed by atoms with Gasteiger partial charge in [-0.3, -0.25) is 4.90 Å². The molecule has 1 aliphatic heterocycles. The molecule has 1 aliphatic rings. The van der Waals surface area contributed by atoms with E-state index in [1.54, 1.807) is 10.4 Å². The zero-order valence-corrected chi connectivity index (χ0v) is 13.5. The fraction of sp³-hybridized carbons (Fsp3) is 0.692. The second kappa shape index (κ2) is 6.47. The number of hydrogen-bond donors (Lipinski definition) is 1. The van der Waals surface area contributed by atoms with Crippen LogP contribution in [0.2, 0.25) is 0 Å². The van der Waals surface area contributed by atoms with E-state index in [1.165, 1.54) is 6.20 Å². The number of H-pyrrole nitrogens is 1. The van der Waals surface area contributed by atoms with Crippen LogP contribution in [0.4, 0.5) is 0 Å². The molecule has 20 heavy (non-hydrogen) atoms. The largest absolute Gasteiger partial charge is 0.363 e. The first-order valence-corrected chi connectivity index (χ1v) is 8.94. The van der Waals surface area contributed by atoms with Gasteiger partial charge in [0.15, 0.2) is 0 Å². The van der Waals surface area contributed by atoms with E-state index in [2.05, 4.69) is 23.7 Å². The van der Waals surface area contributed by atoms with Crippen molar-refractivity contribution in [3.63, 3.8) is 0 Å². The summed E-state index contributed by atoms with van der Waals surface area (Å²) < 4.78 is 26.6. The fourth-order valence-electron chi connectivity index (χ4n) is 2.44. The molecule has 0 spiro atoms. The average Bonchev–Trinajstić information content (AvgIpc) is 2.96. The van der Waals surface area contributed by atoms with Crippen molar-refractivity contribution in [2.24, 2.45) is 0 Å². The Balaban J connectivity index is 2.05. The summed E-state index contributed by atoms with van der Waals surface area (Å²) in [7, 11) is -3.39. The first-order chi connectivity index (χ1) is 9.48. The van der Waals surface area contributed by atoms with Crippen LogP contribution in [0, 0.1) is 0 Å². The van der Waals surface area contributed by atoms with E-state index >= 15 is 0 Å². The molecule has 0 saturated carbocycles. The fourth-order valence-corrected chi connectivity index (χ4v) is 4.03. The quantitative estimate of drug-likeness (QED) is 0.843. The van der Waals surface area contributed by atoms with Gasteiger partial charge in [0.2, 0.25) is 10.0 Å². The van der Waals surface area contributed by atoms with Crippen molar-refractivity contribution >= 4 is 21.6 Å². The highest BCUT2D eigenvalue weighted by Crippen LogP contribution is 2.20. The molecule has 0 amide bonds. The number of halogens is 1. The summed E-state index contributed by atoms with van der Waals surface area (Å²) in [5.41, 5.74) is 0.725. The zero-order valence-electron chi connectivity index (χ0n) is 12.0. The normalized spacial score (nSPS) is 20.1. The van der Waals surface area contributed by atoms with Crippen molar-refractivity contribution in [2.75, 3.05) is 26.2 Å². The minimum absolute atomic E-state index is 0.289. The molecule has 2 heterocycles. The van der Waals surface area contributed by atoms with Gasteiger partial charge in [0.1, 0.15) is 0 Å². The monoisotopic (exact) mass is 319 g/mol. The van der Waals surface area contributed by atoms with Gasteiger partial charge in [0, 0.05) is 44.1 Å². The number of aromatic amines is 1. The van der Waals surface area contributed by atoms with Crippen LogP contribution >= 0.6 is 11.6 Å². The molecule has 1 saturated heterocycles. The molecule has 1 fully saturated rings. The Bertz CT molecular complexity index is 536. The average molecular weight is 320 g/mol. The van der Waals surface area contributed by atoms with Crippen LogP contribution in [0.3, 0.4) is 0 Å². The molecule has 1 unspecified atom stereocenters. The van der Waals surface area contributed by atoms with Crippen molar-refractivity contribution in [3.05, 3.63) is 18.0 Å². The molecule has 1 N–H and O–H groups in total. The van der Waals surface area contributed by atoms with Crippen LogP contribution in [0.25, 0.3) is 0 Å². The van der Waals surface area contributed by atoms with Crippen LogP contribution < -0.4 is 0 Å². The molecule has 1 aromatic heterocycles. The zero-order chi connectivity index (χ0) is 14.8. The highest BCUT2D eigenvalue weighted by molar-refractivity contribution is 7.89. The standard InChI is InChI=1S/C13H22ClN3O2S/c1-3-11(2)16-4-6-17(7-5-16)20(18,19)13-8-12(9-14)15-10-13/h8,10-11,15H,3-7,9H2,1-2H3. The maximum atomic E-state index is 12.5. The number of piperazine rings is 1. The third kappa shape index (κ3) is 3.19. The lowest BCUT2D eigenvalue weighted by Crippen LogP contribution is -2.51. The molecular formula is C13H22ClN3O2S. The predicted molar refractivity (Wildman–Crippen MR) is 80.4 cm³/mol. The van der Waals surface area contributed by atoms with Gasteiger partial charge in [0.05, 0.1) is 10.8 Å². The van der Waals surface area contributed by atoms with E-state index in [0.717, 1.165) is 25.2 Å². The van der Waals surface area contributed by atoms with Gasteiger partial charge in [-0.1, -0.05) is 6.92 Å². The van der Waals surface area contributed by atoms with Crippen LogP contribution in [0.1, 0.15) is 26.0 Å². The van der Waals surface area contributed by atoms with E-state index in [9.17, 15) is 8.42 Å². The first-order valence-electron chi connectivity index (χ1n) is 6.96. The van der Waals surface area contributed by atoms with Crippen molar-refractivity contribution in [1.29, 1.82) is 0 Å². The van der Waals surface area contributed by atoms with Crippen molar-refractivity contribution in [1.82, 2.24) is 14.2 Å². The number of hydrogen-bond acceptors (Lipinski definition) is 3. The first kappa shape index (κ1) is 15.8. The topological polar surface area (TPSA) is 56.4 Å². The number of nitrogens with zero attached hydrogens (tertiary/aromatic N) is 2. The summed E-state index contributed by atoms with van der Waals surface area (Å²) in [6.45, 7) is 7.02. The van der Waals surface area contributed by atoms with E-state index < -0.39 is 10.0 Å². The maximum absolute atomic E-state index is 12.5. The Labute approximate surface area is 126 Å². The Hall–Kier alpha value is -0.560. The summed E-state index contributed by atoms with van der Waals surface area (Å²) in [4.78, 5) is 5.54. The third-order valence-electron chi connectivity index (χ3n) is 3.99. The second-order valence-corrected chi connectivity index (χ2v) is 7.40. The Morgan fingerprint density at radius 3 is 2.50 bits per heavy atom. The minimum atomic E-state index is -3.39. The van der Waals surface area contributed by atoms with Gasteiger partial charge in [-0.05, 0) is 19.4 Å². The number of aromatic nitrogens is 1. The van der Waals surface area contributed by atoms with E-state index in [4.69, 9.17) is 11.6 Å².